The van der Waals surface area contributed by atoms with Gasteiger partial charge in [-0.2, -0.15) is 0 Å². The molecule has 0 bridgehead atoms. The van der Waals surface area contributed by atoms with E-state index in [1.807, 2.05) is 30.3 Å². The first kappa shape index (κ1) is 10.3. The summed E-state index contributed by atoms with van der Waals surface area (Å²) in [7, 11) is 0. The summed E-state index contributed by atoms with van der Waals surface area (Å²) in [5.74, 6) is 0.642. The first-order chi connectivity index (χ1) is 7.36. The van der Waals surface area contributed by atoms with Crippen LogP contribution in [0.3, 0.4) is 0 Å². The number of hydrogen-bond acceptors (Lipinski definition) is 3. The van der Waals surface area contributed by atoms with Gasteiger partial charge in [-0.25, -0.2) is 0 Å². The number of benzene rings is 1. The van der Waals surface area contributed by atoms with Gasteiger partial charge in [0.25, 0.3) is 0 Å². The van der Waals surface area contributed by atoms with Crippen molar-refractivity contribution in [2.45, 2.75) is 11.0 Å². The number of furan rings is 1. The molecule has 0 aliphatic carbocycles. The summed E-state index contributed by atoms with van der Waals surface area (Å²) < 4.78 is 4.92. The van der Waals surface area contributed by atoms with Gasteiger partial charge < -0.3 is 9.52 Å². The summed E-state index contributed by atoms with van der Waals surface area (Å²) >= 11 is 1.64. The molecule has 0 saturated heterocycles. The van der Waals surface area contributed by atoms with Gasteiger partial charge >= 0.3 is 0 Å². The number of aliphatic hydroxyl groups excluding tert-OH is 1. The van der Waals surface area contributed by atoms with Gasteiger partial charge in [0.1, 0.15) is 0 Å². The average Bonchev–Trinajstić information content (AvgIpc) is 2.81. The van der Waals surface area contributed by atoms with E-state index in [0.29, 0.717) is 5.75 Å². The fraction of sp³-hybridized carbons (Fsp3) is 0.167. The molecule has 1 aromatic carbocycles. The SMILES string of the molecule is OC(CSc1ccccc1)c1ccoc1. The third-order valence-electron chi connectivity index (χ3n) is 2.08. The van der Waals surface area contributed by atoms with E-state index in [9.17, 15) is 5.11 Å². The molecule has 2 nitrogen and oxygen atoms in total. The third kappa shape index (κ3) is 2.88. The summed E-state index contributed by atoms with van der Waals surface area (Å²) in [6.45, 7) is 0. The lowest BCUT2D eigenvalue weighted by Crippen LogP contribution is -1.98. The van der Waals surface area contributed by atoms with E-state index >= 15 is 0 Å². The van der Waals surface area contributed by atoms with E-state index in [-0.39, 0.29) is 0 Å². The molecule has 0 spiro atoms. The third-order valence-corrected chi connectivity index (χ3v) is 3.17. The van der Waals surface area contributed by atoms with Crippen molar-refractivity contribution < 1.29 is 9.52 Å². The molecule has 15 heavy (non-hydrogen) atoms. The zero-order chi connectivity index (χ0) is 10.5. The van der Waals surface area contributed by atoms with Crippen molar-refractivity contribution in [3.8, 4) is 0 Å². The minimum atomic E-state index is -0.464. The standard InChI is InChI=1S/C12H12O2S/c13-12(10-6-7-14-8-10)9-15-11-4-2-1-3-5-11/h1-8,12-13H,9H2. The molecule has 1 N–H and O–H groups in total. The highest BCUT2D eigenvalue weighted by Gasteiger charge is 2.08. The van der Waals surface area contributed by atoms with Gasteiger partial charge in [-0.05, 0) is 18.2 Å². The predicted molar refractivity (Wildman–Crippen MR) is 60.8 cm³/mol. The van der Waals surface area contributed by atoms with Crippen molar-refractivity contribution in [2.24, 2.45) is 0 Å². The van der Waals surface area contributed by atoms with Gasteiger partial charge in [0.15, 0.2) is 0 Å². The molecule has 3 heteroatoms. The maximum Gasteiger partial charge on any atom is 0.0960 e. The Morgan fingerprint density at radius 2 is 2.00 bits per heavy atom. The molecule has 78 valence electrons. The topological polar surface area (TPSA) is 33.4 Å². The Morgan fingerprint density at radius 3 is 2.67 bits per heavy atom. The van der Waals surface area contributed by atoms with Gasteiger partial charge in [-0.1, -0.05) is 18.2 Å². The second-order valence-electron chi connectivity index (χ2n) is 3.20. The van der Waals surface area contributed by atoms with Crippen LogP contribution in [0, 0.1) is 0 Å². The van der Waals surface area contributed by atoms with Crippen LogP contribution in [-0.4, -0.2) is 10.9 Å². The Labute approximate surface area is 92.9 Å². The summed E-state index contributed by atoms with van der Waals surface area (Å²) in [6.07, 6.45) is 2.69. The number of thioether (sulfide) groups is 1. The molecule has 2 aromatic rings. The summed E-state index contributed by atoms with van der Waals surface area (Å²) in [6, 6.07) is 11.8. The van der Waals surface area contributed by atoms with E-state index in [4.69, 9.17) is 4.42 Å². The normalized spacial score (nSPS) is 12.6. The van der Waals surface area contributed by atoms with Gasteiger partial charge in [-0.3, -0.25) is 0 Å². The first-order valence-corrected chi connectivity index (χ1v) is 5.73. The maximum atomic E-state index is 9.79. The highest BCUT2D eigenvalue weighted by Crippen LogP contribution is 2.24. The molecule has 2 rings (SSSR count). The lowest BCUT2D eigenvalue weighted by Gasteiger charge is -2.07. The van der Waals surface area contributed by atoms with Crippen molar-refractivity contribution in [1.29, 1.82) is 0 Å². The van der Waals surface area contributed by atoms with E-state index in [1.165, 1.54) is 4.90 Å². The predicted octanol–water partition coefficient (Wildman–Crippen LogP) is 3.11. The smallest absolute Gasteiger partial charge is 0.0960 e. The maximum absolute atomic E-state index is 9.79. The summed E-state index contributed by atoms with van der Waals surface area (Å²) in [4.78, 5) is 1.17. The second kappa shape index (κ2) is 5.05. The Balaban J connectivity index is 1.89. The number of aliphatic hydroxyl groups is 1. The highest BCUT2D eigenvalue weighted by molar-refractivity contribution is 7.99. The summed E-state index contributed by atoms with van der Waals surface area (Å²) in [5, 5.41) is 9.79. The Hall–Kier alpha value is -1.19. The Kier molecular flexibility index (Phi) is 3.48. The lowest BCUT2D eigenvalue weighted by atomic mass is 10.2. The monoisotopic (exact) mass is 220 g/mol. The Morgan fingerprint density at radius 1 is 1.20 bits per heavy atom. The van der Waals surface area contributed by atoms with Crippen molar-refractivity contribution in [3.63, 3.8) is 0 Å². The van der Waals surface area contributed by atoms with Gasteiger partial charge in [0, 0.05) is 16.2 Å². The van der Waals surface area contributed by atoms with E-state index in [1.54, 1.807) is 30.4 Å². The molecule has 1 unspecified atom stereocenters. The average molecular weight is 220 g/mol. The molecule has 1 atom stereocenters. The van der Waals surface area contributed by atoms with Crippen LogP contribution in [0.1, 0.15) is 11.7 Å². The largest absolute Gasteiger partial charge is 0.472 e. The van der Waals surface area contributed by atoms with Crippen LogP contribution in [0.25, 0.3) is 0 Å². The minimum absolute atomic E-state index is 0.464. The molecule has 0 aliphatic heterocycles. The lowest BCUT2D eigenvalue weighted by molar-refractivity contribution is 0.203. The quantitative estimate of drug-likeness (QED) is 0.804. The van der Waals surface area contributed by atoms with Gasteiger partial charge in [0.05, 0.1) is 18.6 Å². The van der Waals surface area contributed by atoms with Crippen LogP contribution < -0.4 is 0 Å². The van der Waals surface area contributed by atoms with Crippen molar-refractivity contribution in [1.82, 2.24) is 0 Å². The summed E-state index contributed by atoms with van der Waals surface area (Å²) in [5.41, 5.74) is 0.832. The molecular weight excluding hydrogens is 208 g/mol. The second-order valence-corrected chi connectivity index (χ2v) is 4.29. The van der Waals surface area contributed by atoms with E-state index in [2.05, 4.69) is 0 Å². The Bertz CT molecular complexity index is 383. The fourth-order valence-electron chi connectivity index (χ4n) is 1.25. The fourth-order valence-corrected chi connectivity index (χ4v) is 2.15. The molecule has 0 saturated carbocycles. The van der Waals surface area contributed by atoms with E-state index in [0.717, 1.165) is 5.56 Å². The van der Waals surface area contributed by atoms with Crippen molar-refractivity contribution in [2.75, 3.05) is 5.75 Å². The number of hydrogen-bond donors (Lipinski definition) is 1. The van der Waals surface area contributed by atoms with Crippen LogP contribution in [0.5, 0.6) is 0 Å². The molecule has 0 fully saturated rings. The number of rotatable bonds is 4. The van der Waals surface area contributed by atoms with Crippen molar-refractivity contribution >= 4 is 11.8 Å². The van der Waals surface area contributed by atoms with Crippen LogP contribution in [-0.2, 0) is 0 Å². The molecule has 0 aliphatic rings. The van der Waals surface area contributed by atoms with Crippen LogP contribution in [0.4, 0.5) is 0 Å². The zero-order valence-electron chi connectivity index (χ0n) is 8.17. The molecular formula is C12H12O2S. The van der Waals surface area contributed by atoms with E-state index < -0.39 is 6.10 Å². The van der Waals surface area contributed by atoms with Crippen LogP contribution >= 0.6 is 11.8 Å². The minimum Gasteiger partial charge on any atom is -0.472 e. The van der Waals surface area contributed by atoms with Crippen molar-refractivity contribution in [3.05, 3.63) is 54.5 Å². The van der Waals surface area contributed by atoms with Crippen LogP contribution in [0.2, 0.25) is 0 Å². The molecule has 0 amide bonds. The van der Waals surface area contributed by atoms with Crippen LogP contribution in [0.15, 0.2) is 58.2 Å². The van der Waals surface area contributed by atoms with Gasteiger partial charge in [-0.15, -0.1) is 11.8 Å². The highest BCUT2D eigenvalue weighted by atomic mass is 32.2. The molecule has 0 radical (unpaired) electrons. The van der Waals surface area contributed by atoms with Gasteiger partial charge in [0.2, 0.25) is 0 Å². The first-order valence-electron chi connectivity index (χ1n) is 4.74. The molecule has 1 aromatic heterocycles. The zero-order valence-corrected chi connectivity index (χ0v) is 8.98. The molecule has 1 heterocycles.